The van der Waals surface area contributed by atoms with Crippen LogP contribution in [0.1, 0.15) is 62.4 Å². The quantitative estimate of drug-likeness (QED) is 0.168. The van der Waals surface area contributed by atoms with Gasteiger partial charge in [0.1, 0.15) is 11.5 Å². The number of ether oxygens (including phenoxy) is 2. The molecule has 53 heavy (non-hydrogen) atoms. The topological polar surface area (TPSA) is 77.6 Å². The van der Waals surface area contributed by atoms with E-state index in [0.717, 1.165) is 40.8 Å². The Morgan fingerprint density at radius 3 is 2.15 bits per heavy atom. The summed E-state index contributed by atoms with van der Waals surface area (Å²) in [5, 5.41) is 3.03. The molecule has 0 unspecified atom stereocenters. The molecule has 0 aromatic heterocycles. The molecule has 1 saturated heterocycles. The predicted octanol–water partition coefficient (Wildman–Crippen LogP) is 8.13. The van der Waals surface area contributed by atoms with E-state index in [1.54, 1.807) is 11.9 Å². The maximum absolute atomic E-state index is 13.1. The standard InChI is InChI=1S/C44H55N5O4/c1-29(45-42(50)52-38-19-20-40-39(28-38)44(4)21-22-47(7)41(44)49(40)9)23-32-13-10-16-35(25-32)36-17-11-14-33(26-36)24-30(2)48(8)43(51)53-37-18-12-15-34(27-37)31(3)46(5)6/h10-20,25-31,41H,21-24H2,1-9H3,(H,45,50)/t29-,30-,31-,41+,44-/m0/s1. The first-order chi connectivity index (χ1) is 25.2. The summed E-state index contributed by atoms with van der Waals surface area (Å²) in [4.78, 5) is 34.6. The van der Waals surface area contributed by atoms with E-state index in [0.29, 0.717) is 30.5 Å². The molecule has 0 bridgehead atoms. The van der Waals surface area contributed by atoms with Crippen molar-refractivity contribution in [3.8, 4) is 22.6 Å². The van der Waals surface area contributed by atoms with Gasteiger partial charge in [-0.05, 0) is 125 Å². The fraction of sp³-hybridized carbons (Fsp3) is 0.409. The lowest BCUT2D eigenvalue weighted by molar-refractivity contribution is 0.148. The fourth-order valence-corrected chi connectivity index (χ4v) is 8.08. The van der Waals surface area contributed by atoms with Crippen LogP contribution >= 0.6 is 0 Å². The van der Waals surface area contributed by atoms with Gasteiger partial charge in [0.05, 0.1) is 6.17 Å². The van der Waals surface area contributed by atoms with Crippen LogP contribution in [0.5, 0.6) is 11.5 Å². The minimum Gasteiger partial charge on any atom is -0.410 e. The first-order valence-electron chi connectivity index (χ1n) is 18.7. The highest BCUT2D eigenvalue weighted by atomic mass is 16.6. The second kappa shape index (κ2) is 15.6. The summed E-state index contributed by atoms with van der Waals surface area (Å²) >= 11 is 0. The van der Waals surface area contributed by atoms with E-state index in [1.165, 1.54) is 11.3 Å². The Hall–Kier alpha value is -4.86. The Bertz CT molecular complexity index is 1950. The molecule has 2 aliphatic rings. The largest absolute Gasteiger partial charge is 0.415 e. The normalized spacial score (nSPS) is 19.7. The van der Waals surface area contributed by atoms with Crippen LogP contribution in [-0.4, -0.2) is 86.9 Å². The van der Waals surface area contributed by atoms with E-state index < -0.39 is 6.09 Å². The summed E-state index contributed by atoms with van der Waals surface area (Å²) in [5.74, 6) is 1.11. The van der Waals surface area contributed by atoms with Crippen LogP contribution in [0.4, 0.5) is 15.3 Å². The molecule has 4 aromatic rings. The van der Waals surface area contributed by atoms with Gasteiger partial charge in [0, 0.05) is 49.9 Å². The van der Waals surface area contributed by atoms with Crippen molar-refractivity contribution in [1.29, 1.82) is 0 Å². The van der Waals surface area contributed by atoms with Crippen molar-refractivity contribution in [2.24, 2.45) is 0 Å². The second-order valence-electron chi connectivity index (χ2n) is 15.6. The number of carbonyl (C=O) groups is 2. The van der Waals surface area contributed by atoms with Crippen LogP contribution in [0.2, 0.25) is 0 Å². The molecule has 0 saturated carbocycles. The molecule has 5 atom stereocenters. The van der Waals surface area contributed by atoms with E-state index >= 15 is 0 Å². The van der Waals surface area contributed by atoms with Crippen molar-refractivity contribution in [3.05, 3.63) is 113 Å². The molecular formula is C44H55N5O4. The molecule has 9 heteroatoms. The lowest BCUT2D eigenvalue weighted by Crippen LogP contribution is -2.45. The fourth-order valence-electron chi connectivity index (χ4n) is 8.08. The molecule has 1 fully saturated rings. The Kier molecular flexibility index (Phi) is 11.2. The Morgan fingerprint density at radius 1 is 0.830 bits per heavy atom. The predicted molar refractivity (Wildman–Crippen MR) is 213 cm³/mol. The molecule has 0 aliphatic carbocycles. The average Bonchev–Trinajstić information content (AvgIpc) is 3.56. The zero-order valence-corrected chi connectivity index (χ0v) is 32.7. The average molecular weight is 718 g/mol. The van der Waals surface area contributed by atoms with Gasteiger partial charge in [0.2, 0.25) is 0 Å². The number of likely N-dealkylation sites (tertiary alicyclic amines) is 1. The number of rotatable bonds is 11. The Balaban J connectivity index is 1.03. The van der Waals surface area contributed by atoms with E-state index in [4.69, 9.17) is 9.47 Å². The zero-order valence-electron chi connectivity index (χ0n) is 32.7. The van der Waals surface area contributed by atoms with Gasteiger partial charge in [-0.15, -0.1) is 0 Å². The van der Waals surface area contributed by atoms with Crippen molar-refractivity contribution >= 4 is 17.9 Å². The van der Waals surface area contributed by atoms with Gasteiger partial charge in [-0.2, -0.15) is 0 Å². The van der Waals surface area contributed by atoms with Crippen molar-refractivity contribution in [3.63, 3.8) is 0 Å². The molecule has 1 N–H and O–H groups in total. The minimum atomic E-state index is -0.451. The molecule has 0 radical (unpaired) electrons. The summed E-state index contributed by atoms with van der Waals surface area (Å²) in [6.45, 7) is 9.50. The number of benzene rings is 4. The number of nitrogens with one attached hydrogen (secondary N) is 1. The molecule has 280 valence electrons. The maximum atomic E-state index is 13.1. The summed E-state index contributed by atoms with van der Waals surface area (Å²) in [6.07, 6.45) is 1.89. The van der Waals surface area contributed by atoms with Gasteiger partial charge in [0.15, 0.2) is 0 Å². The summed E-state index contributed by atoms with van der Waals surface area (Å²) in [6, 6.07) is 30.6. The monoisotopic (exact) mass is 717 g/mol. The number of amides is 2. The van der Waals surface area contributed by atoms with Gasteiger partial charge >= 0.3 is 12.2 Å². The lowest BCUT2D eigenvalue weighted by Gasteiger charge is -2.32. The van der Waals surface area contributed by atoms with Crippen LogP contribution in [0, 0.1) is 0 Å². The van der Waals surface area contributed by atoms with Crippen LogP contribution < -0.4 is 19.7 Å². The first-order valence-corrected chi connectivity index (χ1v) is 18.7. The second-order valence-corrected chi connectivity index (χ2v) is 15.6. The number of anilines is 1. The van der Waals surface area contributed by atoms with Crippen LogP contribution in [-0.2, 0) is 18.3 Å². The van der Waals surface area contributed by atoms with Crippen molar-refractivity contribution in [2.75, 3.05) is 46.7 Å². The first kappa shape index (κ1) is 37.9. The Morgan fingerprint density at radius 2 is 1.47 bits per heavy atom. The third kappa shape index (κ3) is 8.21. The molecule has 9 nitrogen and oxygen atoms in total. The lowest BCUT2D eigenvalue weighted by atomic mass is 9.81. The Labute approximate surface area is 315 Å². The highest BCUT2D eigenvalue weighted by Crippen LogP contribution is 2.51. The van der Waals surface area contributed by atoms with Gasteiger partial charge in [-0.3, -0.25) is 4.90 Å². The number of hydrogen-bond acceptors (Lipinski definition) is 7. The number of hydrogen-bond donors (Lipinski definition) is 1. The van der Waals surface area contributed by atoms with E-state index in [9.17, 15) is 9.59 Å². The molecular weight excluding hydrogens is 663 g/mol. The highest BCUT2D eigenvalue weighted by molar-refractivity contribution is 5.73. The number of carbonyl (C=O) groups excluding carboxylic acids is 2. The molecule has 2 aliphatic heterocycles. The van der Waals surface area contributed by atoms with Crippen LogP contribution in [0.3, 0.4) is 0 Å². The van der Waals surface area contributed by atoms with Gasteiger partial charge in [-0.1, -0.05) is 67.6 Å². The SMILES string of the molecule is C[C@@H](Cc1cccc(-c2cccc(C[C@H](C)N(C)C(=O)Oc3cccc([C@H](C)N(C)C)c3)c2)c1)NC(=O)Oc1ccc2c(c1)[C@]1(C)CCN(C)[C@@H]1N2C. The minimum absolute atomic E-state index is 0.00740. The van der Waals surface area contributed by atoms with Gasteiger partial charge in [0.25, 0.3) is 0 Å². The van der Waals surface area contributed by atoms with E-state index in [2.05, 4.69) is 103 Å². The molecule has 2 heterocycles. The number of nitrogens with zero attached hydrogens (tertiary/aromatic N) is 4. The highest BCUT2D eigenvalue weighted by Gasteiger charge is 2.52. The summed E-state index contributed by atoms with van der Waals surface area (Å²) in [7, 11) is 10.2. The van der Waals surface area contributed by atoms with Gasteiger partial charge < -0.3 is 29.5 Å². The number of fused-ring (bicyclic) bond motifs is 3. The molecule has 6 rings (SSSR count). The summed E-state index contributed by atoms with van der Waals surface area (Å²) in [5.41, 5.74) is 7.98. The van der Waals surface area contributed by atoms with Crippen molar-refractivity contribution in [2.45, 2.75) is 76.7 Å². The third-order valence-electron chi connectivity index (χ3n) is 11.4. The molecule has 0 spiro atoms. The van der Waals surface area contributed by atoms with Gasteiger partial charge in [-0.25, -0.2) is 9.59 Å². The number of likely N-dealkylation sites (N-methyl/N-ethyl adjacent to an activating group) is 3. The maximum Gasteiger partial charge on any atom is 0.415 e. The van der Waals surface area contributed by atoms with Crippen LogP contribution in [0.25, 0.3) is 11.1 Å². The summed E-state index contributed by atoms with van der Waals surface area (Å²) < 4.78 is 11.6. The van der Waals surface area contributed by atoms with E-state index in [-0.39, 0.29) is 29.6 Å². The molecule has 2 amide bonds. The van der Waals surface area contributed by atoms with Crippen molar-refractivity contribution in [1.82, 2.24) is 20.0 Å². The van der Waals surface area contributed by atoms with Crippen molar-refractivity contribution < 1.29 is 19.1 Å². The zero-order chi connectivity index (χ0) is 38.0. The van der Waals surface area contributed by atoms with Crippen LogP contribution in [0.15, 0.2) is 91.0 Å². The smallest absolute Gasteiger partial charge is 0.410 e. The third-order valence-corrected chi connectivity index (χ3v) is 11.4. The molecule has 4 aromatic carbocycles. The van der Waals surface area contributed by atoms with E-state index in [1.807, 2.05) is 64.3 Å².